The van der Waals surface area contributed by atoms with Gasteiger partial charge >= 0.3 is 0 Å². The second-order valence-corrected chi connectivity index (χ2v) is 14.9. The van der Waals surface area contributed by atoms with Crippen molar-refractivity contribution in [1.82, 2.24) is 4.98 Å². The maximum Gasteiger partial charge on any atom is 0.187 e. The van der Waals surface area contributed by atoms with Crippen LogP contribution in [0.15, 0.2) is 158 Å². The first-order valence-corrected chi connectivity index (χ1v) is 18.3. The van der Waals surface area contributed by atoms with Gasteiger partial charge in [-0.25, -0.2) is 9.83 Å². The van der Waals surface area contributed by atoms with E-state index in [4.69, 9.17) is 11.6 Å². The quantitative estimate of drug-likeness (QED) is 0.101. The summed E-state index contributed by atoms with van der Waals surface area (Å²) in [6.45, 7) is 12.2. The molecule has 0 saturated carbocycles. The molecule has 1 aliphatic carbocycles. The topological polar surface area (TPSA) is 17.2 Å². The number of fused-ring (bicyclic) bond motifs is 12. The van der Waals surface area contributed by atoms with Crippen molar-refractivity contribution in [2.75, 3.05) is 0 Å². The zero-order valence-electron chi connectivity index (χ0n) is 29.4. The molecular formula is C51H32N2. The van der Waals surface area contributed by atoms with Crippen molar-refractivity contribution in [3.63, 3.8) is 0 Å². The molecule has 53 heavy (non-hydrogen) atoms. The molecule has 0 radical (unpaired) electrons. The van der Waals surface area contributed by atoms with Crippen LogP contribution in [0.25, 0.3) is 103 Å². The monoisotopic (exact) mass is 672 g/mol. The minimum Gasteiger partial charge on any atom is -0.246 e. The highest BCUT2D eigenvalue weighted by Gasteiger charge is 2.36. The van der Waals surface area contributed by atoms with Gasteiger partial charge in [0.1, 0.15) is 0 Å². The lowest BCUT2D eigenvalue weighted by atomic mass is 9.80. The highest BCUT2D eigenvalue weighted by Crippen LogP contribution is 2.52. The van der Waals surface area contributed by atoms with E-state index in [0.29, 0.717) is 5.69 Å². The summed E-state index contributed by atoms with van der Waals surface area (Å²) in [6.07, 6.45) is 0. The minimum absolute atomic E-state index is 0.230. The highest BCUT2D eigenvalue weighted by atomic mass is 14.7. The van der Waals surface area contributed by atoms with Crippen molar-refractivity contribution in [3.05, 3.63) is 180 Å². The normalized spacial score (nSPS) is 13.2. The van der Waals surface area contributed by atoms with Gasteiger partial charge in [0.25, 0.3) is 0 Å². The summed E-state index contributed by atoms with van der Waals surface area (Å²) in [5.74, 6) is 0. The molecule has 0 amide bonds. The smallest absolute Gasteiger partial charge is 0.187 e. The molecule has 1 aliphatic rings. The summed E-state index contributed by atoms with van der Waals surface area (Å²) >= 11 is 0. The Morgan fingerprint density at radius 3 is 1.66 bits per heavy atom. The average Bonchev–Trinajstić information content (AvgIpc) is 3.43. The number of benzene rings is 9. The van der Waals surface area contributed by atoms with Gasteiger partial charge in [0.15, 0.2) is 5.69 Å². The van der Waals surface area contributed by atoms with Crippen LogP contribution >= 0.6 is 0 Å². The van der Waals surface area contributed by atoms with Crippen molar-refractivity contribution < 1.29 is 0 Å². The van der Waals surface area contributed by atoms with Crippen LogP contribution in [0.1, 0.15) is 25.0 Å². The van der Waals surface area contributed by atoms with Crippen LogP contribution in [-0.2, 0) is 5.41 Å². The number of aromatic nitrogens is 1. The zero-order chi connectivity index (χ0) is 35.4. The fourth-order valence-corrected chi connectivity index (χ4v) is 9.34. The van der Waals surface area contributed by atoms with Gasteiger partial charge in [-0.2, -0.15) is 0 Å². The Morgan fingerprint density at radius 1 is 0.472 bits per heavy atom. The predicted molar refractivity (Wildman–Crippen MR) is 224 cm³/mol. The molecule has 9 aromatic carbocycles. The van der Waals surface area contributed by atoms with Gasteiger partial charge in [-0.1, -0.05) is 166 Å². The van der Waals surface area contributed by atoms with Crippen LogP contribution in [0.3, 0.4) is 0 Å². The average molecular weight is 673 g/mol. The fourth-order valence-electron chi connectivity index (χ4n) is 9.34. The molecule has 246 valence electrons. The molecule has 0 bridgehead atoms. The van der Waals surface area contributed by atoms with Crippen LogP contribution in [0, 0.1) is 6.57 Å². The largest absolute Gasteiger partial charge is 0.246 e. The first kappa shape index (κ1) is 29.9. The SMILES string of the molecule is [C-]#[N+]c1ccc2c(c1)C(C)(C)c1cc(-c3c4ccccc4c(-c4nc5c6ccccc6ccc5c5c4ccc4ccccc45)c4ccccc34)ccc1-2. The molecule has 0 atom stereocenters. The first-order valence-electron chi connectivity index (χ1n) is 18.3. The Labute approximate surface area is 307 Å². The van der Waals surface area contributed by atoms with Crippen LogP contribution in [0.4, 0.5) is 5.69 Å². The molecular weight excluding hydrogens is 641 g/mol. The Bertz CT molecular complexity index is 3210. The van der Waals surface area contributed by atoms with E-state index >= 15 is 0 Å². The van der Waals surface area contributed by atoms with E-state index in [1.54, 1.807) is 0 Å². The third kappa shape index (κ3) is 4.11. The number of hydrogen-bond acceptors (Lipinski definition) is 1. The fraction of sp³-hybridized carbons (Fsp3) is 0.0588. The summed E-state index contributed by atoms with van der Waals surface area (Å²) in [4.78, 5) is 9.45. The van der Waals surface area contributed by atoms with E-state index in [1.807, 2.05) is 6.07 Å². The Hall–Kier alpha value is -6.82. The van der Waals surface area contributed by atoms with E-state index in [9.17, 15) is 0 Å². The van der Waals surface area contributed by atoms with E-state index in [-0.39, 0.29) is 5.41 Å². The van der Waals surface area contributed by atoms with E-state index < -0.39 is 0 Å². The van der Waals surface area contributed by atoms with Crippen molar-refractivity contribution in [2.24, 2.45) is 0 Å². The molecule has 0 N–H and O–H groups in total. The van der Waals surface area contributed by atoms with Crippen molar-refractivity contribution in [1.29, 1.82) is 0 Å². The van der Waals surface area contributed by atoms with E-state index in [1.165, 1.54) is 81.9 Å². The predicted octanol–water partition coefficient (Wildman–Crippen LogP) is 14.2. The lowest BCUT2D eigenvalue weighted by Gasteiger charge is -2.23. The van der Waals surface area contributed by atoms with Gasteiger partial charge < -0.3 is 0 Å². The molecule has 10 aromatic rings. The number of pyridine rings is 1. The summed E-state index contributed by atoms with van der Waals surface area (Å²) in [5.41, 5.74) is 11.1. The molecule has 0 aliphatic heterocycles. The highest BCUT2D eigenvalue weighted by molar-refractivity contribution is 6.29. The molecule has 0 spiro atoms. The van der Waals surface area contributed by atoms with Crippen LogP contribution in [0.5, 0.6) is 0 Å². The van der Waals surface area contributed by atoms with Crippen LogP contribution in [0.2, 0.25) is 0 Å². The van der Waals surface area contributed by atoms with Crippen LogP contribution in [-0.4, -0.2) is 4.98 Å². The minimum atomic E-state index is -0.230. The maximum absolute atomic E-state index is 7.65. The lowest BCUT2D eigenvalue weighted by Crippen LogP contribution is -2.15. The van der Waals surface area contributed by atoms with E-state index in [0.717, 1.165) is 27.5 Å². The Kier molecular flexibility index (Phi) is 6.11. The van der Waals surface area contributed by atoms with Crippen LogP contribution < -0.4 is 0 Å². The summed E-state index contributed by atoms with van der Waals surface area (Å²) < 4.78 is 0. The van der Waals surface area contributed by atoms with Gasteiger partial charge in [-0.15, -0.1) is 0 Å². The molecule has 0 unspecified atom stereocenters. The Balaban J connectivity index is 1.26. The second-order valence-electron chi connectivity index (χ2n) is 14.9. The third-order valence-corrected chi connectivity index (χ3v) is 11.8. The third-order valence-electron chi connectivity index (χ3n) is 11.8. The van der Waals surface area contributed by atoms with Gasteiger partial charge in [0.05, 0.1) is 17.8 Å². The molecule has 2 heteroatoms. The second kappa shape index (κ2) is 10.8. The summed E-state index contributed by atoms with van der Waals surface area (Å²) in [7, 11) is 0. The van der Waals surface area contributed by atoms with Gasteiger partial charge in [-0.3, -0.25) is 0 Å². The summed E-state index contributed by atoms with van der Waals surface area (Å²) in [6, 6.07) is 57.3. The van der Waals surface area contributed by atoms with Gasteiger partial charge in [0, 0.05) is 32.5 Å². The molecule has 1 aromatic heterocycles. The number of hydrogen-bond donors (Lipinski definition) is 0. The van der Waals surface area contributed by atoms with Gasteiger partial charge in [0.2, 0.25) is 0 Å². The molecule has 11 rings (SSSR count). The van der Waals surface area contributed by atoms with Crippen molar-refractivity contribution in [2.45, 2.75) is 19.3 Å². The molecule has 1 heterocycles. The lowest BCUT2D eigenvalue weighted by molar-refractivity contribution is 0.661. The summed E-state index contributed by atoms with van der Waals surface area (Å²) in [5, 5.41) is 13.2. The van der Waals surface area contributed by atoms with E-state index in [2.05, 4.69) is 170 Å². The molecule has 0 fully saturated rings. The maximum atomic E-state index is 7.65. The standard InChI is InChI=1S/C51H32N2/c1-51(2)44-28-32(22-24-36(44)37-27-23-33(52-3)29-45(37)51)46-38-16-8-10-18-40(38)48(41-19-11-9-17-39(41)46)50-43-26-20-30-12-4-6-14-34(30)47(43)42-25-21-31-13-5-7-15-35(31)49(42)53-50/h4-29H,1-2H3. The number of nitrogens with zero attached hydrogens (tertiary/aromatic N) is 2. The van der Waals surface area contributed by atoms with Crippen molar-refractivity contribution >= 4 is 70.5 Å². The van der Waals surface area contributed by atoms with Gasteiger partial charge in [-0.05, 0) is 77.2 Å². The first-order chi connectivity index (χ1) is 26.0. The molecule has 0 saturated heterocycles. The molecule has 2 nitrogen and oxygen atoms in total. The Morgan fingerprint density at radius 2 is 1.00 bits per heavy atom. The van der Waals surface area contributed by atoms with Crippen molar-refractivity contribution in [3.8, 4) is 33.5 Å². The number of rotatable bonds is 2. The zero-order valence-corrected chi connectivity index (χ0v) is 29.4.